The third-order valence-electron chi connectivity index (χ3n) is 7.94. The number of nitrogens with one attached hydrogen (secondary N) is 1. The van der Waals surface area contributed by atoms with Crippen LogP contribution in [0.2, 0.25) is 0 Å². The molecular weight excluding hydrogens is 546 g/mol. The Bertz CT molecular complexity index is 1530. The van der Waals surface area contributed by atoms with Crippen LogP contribution in [0, 0.1) is 6.92 Å². The predicted octanol–water partition coefficient (Wildman–Crippen LogP) is 5.81. The van der Waals surface area contributed by atoms with E-state index >= 15 is 0 Å². The Balaban J connectivity index is 1.34. The summed E-state index contributed by atoms with van der Waals surface area (Å²) in [6, 6.07) is 3.95. The number of amides is 1. The van der Waals surface area contributed by atoms with E-state index in [2.05, 4.69) is 26.8 Å². The quantitative estimate of drug-likeness (QED) is 0.325. The van der Waals surface area contributed by atoms with Gasteiger partial charge >= 0.3 is 6.09 Å². The molecule has 11 heteroatoms. The summed E-state index contributed by atoms with van der Waals surface area (Å²) in [4.78, 5) is 44.2. The first-order chi connectivity index (χ1) is 20.6. The number of pyridine rings is 2. The fraction of sp³-hybridized carbons (Fsp3) is 0.531. The highest BCUT2D eigenvalue weighted by Crippen LogP contribution is 2.33. The van der Waals surface area contributed by atoms with E-state index in [0.29, 0.717) is 61.5 Å². The largest absolute Gasteiger partial charge is 0.493 e. The van der Waals surface area contributed by atoms with E-state index in [1.54, 1.807) is 17.3 Å². The van der Waals surface area contributed by atoms with Crippen molar-refractivity contribution in [2.75, 3.05) is 43.0 Å². The number of fused-ring (bicyclic) bond motifs is 1. The highest BCUT2D eigenvalue weighted by molar-refractivity contribution is 5.84. The summed E-state index contributed by atoms with van der Waals surface area (Å²) in [7, 11) is 0. The maximum Gasteiger partial charge on any atom is 0.410 e. The van der Waals surface area contributed by atoms with Gasteiger partial charge in [-0.05, 0) is 64.7 Å². The zero-order valence-electron chi connectivity index (χ0n) is 26.0. The molecule has 4 heterocycles. The lowest BCUT2D eigenvalue weighted by molar-refractivity contribution is 0.0240. The van der Waals surface area contributed by atoms with Crippen molar-refractivity contribution in [2.45, 2.75) is 78.4 Å². The van der Waals surface area contributed by atoms with Gasteiger partial charge in [-0.15, -0.1) is 0 Å². The summed E-state index contributed by atoms with van der Waals surface area (Å²) in [5.74, 6) is 1.37. The van der Waals surface area contributed by atoms with E-state index in [1.807, 2.05) is 51.3 Å². The molecule has 1 aliphatic heterocycles. The summed E-state index contributed by atoms with van der Waals surface area (Å²) in [6.07, 6.45) is 8.15. The second-order valence-corrected chi connectivity index (χ2v) is 12.3. The SMILES string of the molecule is C=C(OCCC)c1c(C)c2cnc(Nc3ccc(N4CCN(C(=O)OC(C)(C)C)CC4)cn3)nc2n(C2CCCC2)c1=O. The molecule has 0 bridgehead atoms. The van der Waals surface area contributed by atoms with E-state index in [4.69, 9.17) is 14.5 Å². The van der Waals surface area contributed by atoms with Crippen molar-refractivity contribution >= 4 is 40.3 Å². The van der Waals surface area contributed by atoms with Crippen molar-refractivity contribution < 1.29 is 14.3 Å². The molecular formula is C32H43N7O4. The number of aromatic nitrogens is 4. The van der Waals surface area contributed by atoms with Crippen molar-refractivity contribution in [3.8, 4) is 0 Å². The van der Waals surface area contributed by atoms with Crippen LogP contribution in [0.5, 0.6) is 0 Å². The molecule has 0 radical (unpaired) electrons. The first-order valence-electron chi connectivity index (χ1n) is 15.3. The zero-order valence-corrected chi connectivity index (χ0v) is 26.0. The molecule has 2 aliphatic rings. The van der Waals surface area contributed by atoms with Crippen LogP contribution >= 0.6 is 0 Å². The molecule has 1 saturated heterocycles. The van der Waals surface area contributed by atoms with E-state index in [0.717, 1.165) is 48.7 Å². The van der Waals surface area contributed by atoms with Crippen molar-refractivity contribution in [2.24, 2.45) is 0 Å². The van der Waals surface area contributed by atoms with Crippen LogP contribution < -0.4 is 15.8 Å². The first-order valence-corrected chi connectivity index (χ1v) is 15.3. The van der Waals surface area contributed by atoms with Gasteiger partial charge in [0.05, 0.1) is 24.1 Å². The van der Waals surface area contributed by atoms with Gasteiger partial charge in [-0.2, -0.15) is 4.98 Å². The van der Waals surface area contributed by atoms with Crippen LogP contribution in [0.15, 0.2) is 35.9 Å². The lowest BCUT2D eigenvalue weighted by atomic mass is 10.0. The maximum absolute atomic E-state index is 13.9. The number of carbonyl (C=O) groups excluding carboxylic acids is 1. The molecule has 1 saturated carbocycles. The Hall–Kier alpha value is -4.15. The third-order valence-corrected chi connectivity index (χ3v) is 7.94. The van der Waals surface area contributed by atoms with Gasteiger partial charge in [0.2, 0.25) is 5.95 Å². The Morgan fingerprint density at radius 1 is 1.09 bits per heavy atom. The molecule has 1 amide bonds. The average molecular weight is 590 g/mol. The van der Waals surface area contributed by atoms with E-state index in [1.165, 1.54) is 0 Å². The predicted molar refractivity (Wildman–Crippen MR) is 169 cm³/mol. The molecule has 0 atom stereocenters. The lowest BCUT2D eigenvalue weighted by Gasteiger charge is -2.36. The molecule has 11 nitrogen and oxygen atoms in total. The van der Waals surface area contributed by atoms with Crippen molar-refractivity contribution in [3.63, 3.8) is 0 Å². The van der Waals surface area contributed by atoms with Gasteiger partial charge in [0.25, 0.3) is 5.56 Å². The number of rotatable bonds is 8. The van der Waals surface area contributed by atoms with E-state index in [-0.39, 0.29) is 17.7 Å². The van der Waals surface area contributed by atoms with E-state index in [9.17, 15) is 9.59 Å². The van der Waals surface area contributed by atoms with Gasteiger partial charge in [0.15, 0.2) is 0 Å². The lowest BCUT2D eigenvalue weighted by Crippen LogP contribution is -2.50. The number of piperazine rings is 1. The minimum atomic E-state index is -0.510. The molecule has 2 fully saturated rings. The van der Waals surface area contributed by atoms with Gasteiger partial charge in [-0.25, -0.2) is 14.8 Å². The third kappa shape index (κ3) is 6.76. The molecule has 3 aromatic heterocycles. The van der Waals surface area contributed by atoms with Gasteiger partial charge in [-0.3, -0.25) is 9.36 Å². The number of nitrogens with zero attached hydrogens (tertiary/aromatic N) is 6. The fourth-order valence-electron chi connectivity index (χ4n) is 5.76. The summed E-state index contributed by atoms with van der Waals surface area (Å²) in [6.45, 7) is 16.7. The Morgan fingerprint density at radius 3 is 2.44 bits per heavy atom. The fourth-order valence-corrected chi connectivity index (χ4v) is 5.76. The van der Waals surface area contributed by atoms with Gasteiger partial charge < -0.3 is 24.6 Å². The topological polar surface area (TPSA) is 115 Å². The molecule has 1 N–H and O–H groups in total. The van der Waals surface area contributed by atoms with Gasteiger partial charge in [-0.1, -0.05) is 26.3 Å². The van der Waals surface area contributed by atoms with Crippen LogP contribution in [0.3, 0.4) is 0 Å². The zero-order chi connectivity index (χ0) is 30.7. The van der Waals surface area contributed by atoms with Crippen LogP contribution in [-0.2, 0) is 9.47 Å². The minimum absolute atomic E-state index is 0.0734. The number of anilines is 3. The van der Waals surface area contributed by atoms with Crippen LogP contribution in [0.25, 0.3) is 16.8 Å². The van der Waals surface area contributed by atoms with Crippen molar-refractivity contribution in [1.82, 2.24) is 24.4 Å². The standard InChI is InChI=1S/C32H43N7O4/c1-7-18-42-22(3)27-21(2)25-20-34-30(36-28(25)39(29(27)40)23-10-8-9-11-23)35-26-13-12-24(19-33-26)37-14-16-38(17-15-37)31(41)43-32(4,5)6/h12-13,19-20,23H,3,7-11,14-18H2,1-2,4-6H3,(H,33,34,35,36). The minimum Gasteiger partial charge on any atom is -0.493 e. The van der Waals surface area contributed by atoms with Gasteiger partial charge in [0, 0.05) is 43.8 Å². The smallest absolute Gasteiger partial charge is 0.410 e. The molecule has 0 spiro atoms. The molecule has 1 aliphatic carbocycles. The van der Waals surface area contributed by atoms with E-state index < -0.39 is 5.60 Å². The number of hydrogen-bond donors (Lipinski definition) is 1. The molecule has 5 rings (SSSR count). The summed E-state index contributed by atoms with van der Waals surface area (Å²) in [5, 5.41) is 4.02. The molecule has 0 aromatic carbocycles. The molecule has 3 aromatic rings. The summed E-state index contributed by atoms with van der Waals surface area (Å²) < 4.78 is 13.1. The summed E-state index contributed by atoms with van der Waals surface area (Å²) >= 11 is 0. The molecule has 43 heavy (non-hydrogen) atoms. The number of hydrogen-bond acceptors (Lipinski definition) is 9. The second kappa shape index (κ2) is 12.6. The summed E-state index contributed by atoms with van der Waals surface area (Å²) in [5.41, 5.74) is 2.23. The monoisotopic (exact) mass is 589 g/mol. The average Bonchev–Trinajstić information content (AvgIpc) is 3.50. The van der Waals surface area contributed by atoms with Crippen LogP contribution in [0.1, 0.15) is 77.0 Å². The van der Waals surface area contributed by atoms with Crippen LogP contribution in [-0.4, -0.2) is 68.9 Å². The molecule has 230 valence electrons. The number of carbonyl (C=O) groups is 1. The highest BCUT2D eigenvalue weighted by Gasteiger charge is 2.27. The Labute approximate surface area is 252 Å². The second-order valence-electron chi connectivity index (χ2n) is 12.3. The normalized spacial score (nSPS) is 16.0. The highest BCUT2D eigenvalue weighted by atomic mass is 16.6. The van der Waals surface area contributed by atoms with Crippen molar-refractivity contribution in [3.05, 3.63) is 52.6 Å². The van der Waals surface area contributed by atoms with Crippen molar-refractivity contribution in [1.29, 1.82) is 0 Å². The Kier molecular flexibility index (Phi) is 8.89. The first kappa shape index (κ1) is 30.3. The van der Waals surface area contributed by atoms with Crippen LogP contribution in [0.4, 0.5) is 22.2 Å². The Morgan fingerprint density at radius 2 is 1.81 bits per heavy atom. The van der Waals surface area contributed by atoms with Gasteiger partial charge in [0.1, 0.15) is 22.8 Å². The maximum atomic E-state index is 13.9. The number of ether oxygens (including phenoxy) is 2. The molecule has 0 unspecified atom stereocenters. The number of aryl methyl sites for hydroxylation is 1.